The van der Waals surface area contributed by atoms with Crippen LogP contribution >= 0.6 is 11.8 Å². The molecule has 29 heavy (non-hydrogen) atoms. The van der Waals surface area contributed by atoms with Gasteiger partial charge < -0.3 is 24.8 Å². The number of ether oxygens (including phenoxy) is 3. The minimum absolute atomic E-state index is 0.0464. The van der Waals surface area contributed by atoms with Crippen molar-refractivity contribution in [3.05, 3.63) is 0 Å². The van der Waals surface area contributed by atoms with E-state index in [0.717, 1.165) is 11.8 Å². The summed E-state index contributed by atoms with van der Waals surface area (Å²) in [5, 5.41) is 5.06. The highest BCUT2D eigenvalue weighted by atomic mass is 32.2. The van der Waals surface area contributed by atoms with Crippen molar-refractivity contribution in [2.45, 2.75) is 46.1 Å². The smallest absolute Gasteiger partial charge is 0.466 e. The summed E-state index contributed by atoms with van der Waals surface area (Å²) in [7, 11) is 0. The molecule has 0 bridgehead atoms. The highest BCUT2D eigenvalue weighted by molar-refractivity contribution is 8.13. The van der Waals surface area contributed by atoms with Crippen LogP contribution < -0.4 is 10.6 Å². The summed E-state index contributed by atoms with van der Waals surface area (Å²) in [6.45, 7) is 5.90. The average Bonchev–Trinajstić information content (AvgIpc) is 2.65. The van der Waals surface area contributed by atoms with Gasteiger partial charge in [0, 0.05) is 37.1 Å². The third-order valence-corrected chi connectivity index (χ3v) is 4.84. The topological polar surface area (TPSA) is 137 Å². The van der Waals surface area contributed by atoms with E-state index in [9.17, 15) is 24.0 Å². The Hall–Kier alpha value is -2.30. The summed E-state index contributed by atoms with van der Waals surface area (Å²) in [5.41, 5.74) is -0.669. The summed E-state index contributed by atoms with van der Waals surface area (Å²) in [4.78, 5) is 58.0. The van der Waals surface area contributed by atoms with E-state index in [4.69, 9.17) is 14.2 Å². The lowest BCUT2D eigenvalue weighted by atomic mass is 9.86. The van der Waals surface area contributed by atoms with Gasteiger partial charge in [0.25, 0.3) is 5.91 Å². The Kier molecular flexibility index (Phi) is 10.5. The minimum atomic E-state index is -0.983. The molecule has 2 N–H and O–H groups in total. The van der Waals surface area contributed by atoms with E-state index >= 15 is 0 Å². The van der Waals surface area contributed by atoms with Crippen molar-refractivity contribution in [1.82, 2.24) is 10.6 Å². The third kappa shape index (κ3) is 9.64. The zero-order valence-corrected chi connectivity index (χ0v) is 17.7. The van der Waals surface area contributed by atoms with Crippen LogP contribution in [-0.2, 0) is 33.4 Å². The molecule has 1 saturated heterocycles. The monoisotopic (exact) mass is 432 g/mol. The van der Waals surface area contributed by atoms with Crippen LogP contribution in [-0.4, -0.2) is 67.2 Å². The molecule has 1 fully saturated rings. The molecule has 2 amide bonds. The predicted molar refractivity (Wildman–Crippen MR) is 104 cm³/mol. The Morgan fingerprint density at radius 3 is 2.55 bits per heavy atom. The molecule has 1 aliphatic rings. The van der Waals surface area contributed by atoms with Gasteiger partial charge in [-0.2, -0.15) is 0 Å². The molecule has 11 heteroatoms. The molecule has 0 saturated carbocycles. The second kappa shape index (κ2) is 12.3. The van der Waals surface area contributed by atoms with Gasteiger partial charge in [-0.05, 0) is 6.92 Å². The second-order valence-corrected chi connectivity index (χ2v) is 8.09. The number of hydrogen-bond acceptors (Lipinski definition) is 9. The first-order chi connectivity index (χ1) is 13.7. The minimum Gasteiger partial charge on any atom is -0.466 e. The fourth-order valence-electron chi connectivity index (χ4n) is 2.36. The van der Waals surface area contributed by atoms with Gasteiger partial charge in [-0.25, -0.2) is 4.79 Å². The first-order valence-corrected chi connectivity index (χ1v) is 10.3. The number of esters is 1. The van der Waals surface area contributed by atoms with Crippen LogP contribution in [0.15, 0.2) is 0 Å². The number of rotatable bonds is 11. The van der Waals surface area contributed by atoms with Crippen molar-refractivity contribution in [2.24, 2.45) is 5.41 Å². The van der Waals surface area contributed by atoms with E-state index in [-0.39, 0.29) is 56.6 Å². The Bertz CT molecular complexity index is 623. The highest BCUT2D eigenvalue weighted by Crippen LogP contribution is 2.28. The van der Waals surface area contributed by atoms with Crippen molar-refractivity contribution < 1.29 is 38.2 Å². The standard InChI is InChI=1S/C18H28N2O8S/c1-4-26-13(22)5-6-14(23)29-10-9-19-12(21)7-8-20-16(24)15-18(2,3)11-27-17(25)28-15/h15H,4-11H2,1-3H3,(H,19,21)(H,20,24)/t15-/m0/s1. The van der Waals surface area contributed by atoms with Crippen LogP contribution in [0.2, 0.25) is 0 Å². The molecule has 164 valence electrons. The predicted octanol–water partition coefficient (Wildman–Crippen LogP) is 0.774. The fourth-order valence-corrected chi connectivity index (χ4v) is 3.04. The molecule has 1 rings (SSSR count). The number of amides is 2. The van der Waals surface area contributed by atoms with Gasteiger partial charge in [0.2, 0.25) is 5.91 Å². The van der Waals surface area contributed by atoms with Gasteiger partial charge in [-0.3, -0.25) is 19.2 Å². The van der Waals surface area contributed by atoms with Crippen LogP contribution in [0, 0.1) is 5.41 Å². The molecule has 1 heterocycles. The Balaban J connectivity index is 2.15. The maximum absolute atomic E-state index is 12.2. The first kappa shape index (κ1) is 24.7. The normalized spacial score (nSPS) is 17.5. The van der Waals surface area contributed by atoms with Gasteiger partial charge in [-0.15, -0.1) is 0 Å². The second-order valence-electron chi connectivity index (χ2n) is 6.94. The molecule has 0 radical (unpaired) electrons. The maximum Gasteiger partial charge on any atom is 0.509 e. The van der Waals surface area contributed by atoms with Crippen molar-refractivity contribution in [2.75, 3.05) is 32.1 Å². The van der Waals surface area contributed by atoms with Crippen molar-refractivity contribution in [3.8, 4) is 0 Å². The van der Waals surface area contributed by atoms with E-state index in [1.807, 2.05) is 0 Å². The zero-order chi connectivity index (χ0) is 21.9. The molecule has 0 aromatic carbocycles. The third-order valence-electron chi connectivity index (χ3n) is 3.90. The highest BCUT2D eigenvalue weighted by Gasteiger charge is 2.43. The number of carbonyl (C=O) groups excluding carboxylic acids is 5. The molecule has 0 spiro atoms. The maximum atomic E-state index is 12.2. The lowest BCUT2D eigenvalue weighted by Crippen LogP contribution is -2.52. The van der Waals surface area contributed by atoms with E-state index in [2.05, 4.69) is 10.6 Å². The van der Waals surface area contributed by atoms with E-state index in [1.54, 1.807) is 20.8 Å². The van der Waals surface area contributed by atoms with Gasteiger partial charge in [0.05, 0.1) is 13.0 Å². The Morgan fingerprint density at radius 1 is 1.14 bits per heavy atom. The lowest BCUT2D eigenvalue weighted by Gasteiger charge is -2.35. The Labute approximate surface area is 173 Å². The summed E-state index contributed by atoms with van der Waals surface area (Å²) in [5.74, 6) is -0.794. The zero-order valence-electron chi connectivity index (χ0n) is 16.9. The van der Waals surface area contributed by atoms with Gasteiger partial charge >= 0.3 is 12.1 Å². The SMILES string of the molecule is CCOC(=O)CCC(=O)SCCNC(=O)CCNC(=O)[C@@H]1OC(=O)OCC1(C)C. The van der Waals surface area contributed by atoms with Crippen LogP contribution in [0.25, 0.3) is 0 Å². The van der Waals surface area contributed by atoms with Gasteiger partial charge in [0.15, 0.2) is 11.2 Å². The van der Waals surface area contributed by atoms with Crippen molar-refractivity contribution in [1.29, 1.82) is 0 Å². The van der Waals surface area contributed by atoms with Crippen LogP contribution in [0.3, 0.4) is 0 Å². The van der Waals surface area contributed by atoms with Gasteiger partial charge in [-0.1, -0.05) is 25.6 Å². The first-order valence-electron chi connectivity index (χ1n) is 9.34. The summed E-state index contributed by atoms with van der Waals surface area (Å²) in [6, 6.07) is 0. The van der Waals surface area contributed by atoms with Crippen LogP contribution in [0.4, 0.5) is 4.79 Å². The van der Waals surface area contributed by atoms with E-state index in [0.29, 0.717) is 5.75 Å². The quantitative estimate of drug-likeness (QED) is 0.358. The Morgan fingerprint density at radius 2 is 1.86 bits per heavy atom. The van der Waals surface area contributed by atoms with E-state index in [1.165, 1.54) is 0 Å². The summed E-state index contributed by atoms with van der Waals surface area (Å²) >= 11 is 1.03. The van der Waals surface area contributed by atoms with Crippen molar-refractivity contribution in [3.63, 3.8) is 0 Å². The number of cyclic esters (lactones) is 2. The molecule has 0 aromatic heterocycles. The molecule has 0 aliphatic carbocycles. The molecule has 1 aliphatic heterocycles. The van der Waals surface area contributed by atoms with Crippen LogP contribution in [0.5, 0.6) is 0 Å². The van der Waals surface area contributed by atoms with Gasteiger partial charge in [0.1, 0.15) is 6.61 Å². The fraction of sp³-hybridized carbons (Fsp3) is 0.722. The number of thioether (sulfide) groups is 1. The van der Waals surface area contributed by atoms with Crippen LogP contribution in [0.1, 0.15) is 40.0 Å². The number of carbonyl (C=O) groups is 5. The summed E-state index contributed by atoms with van der Waals surface area (Å²) in [6.07, 6.45) is -1.69. The van der Waals surface area contributed by atoms with E-state index < -0.39 is 29.6 Å². The lowest BCUT2D eigenvalue weighted by molar-refractivity contribution is -0.149. The largest absolute Gasteiger partial charge is 0.509 e. The molecule has 10 nitrogen and oxygen atoms in total. The molecule has 0 unspecified atom stereocenters. The average molecular weight is 432 g/mol. The molecule has 0 aromatic rings. The summed E-state index contributed by atoms with van der Waals surface area (Å²) < 4.78 is 14.4. The number of hydrogen-bond donors (Lipinski definition) is 2. The van der Waals surface area contributed by atoms with Crippen molar-refractivity contribution >= 4 is 40.8 Å². The molecule has 1 atom stereocenters. The molecular formula is C18H28N2O8S. The number of nitrogens with one attached hydrogen (secondary N) is 2. The molecular weight excluding hydrogens is 404 g/mol.